The smallest absolute Gasteiger partial charge is 0.118 e. The summed E-state index contributed by atoms with van der Waals surface area (Å²) in [5.74, 6) is 1.58. The van der Waals surface area contributed by atoms with Crippen molar-refractivity contribution in [3.05, 3.63) is 46.2 Å². The molecule has 3 aromatic rings. The van der Waals surface area contributed by atoms with Crippen LogP contribution in [0.4, 0.5) is 0 Å². The Kier molecular flexibility index (Phi) is 3.76. The summed E-state index contributed by atoms with van der Waals surface area (Å²) in [6.45, 7) is 6.48. The number of aryl methyl sites for hydroxylation is 2. The number of alkyl halides is 1. The van der Waals surface area contributed by atoms with E-state index in [0.29, 0.717) is 5.88 Å². The minimum Gasteiger partial charge on any atom is -0.316 e. The summed E-state index contributed by atoms with van der Waals surface area (Å²) < 4.78 is 2.29. The Balaban J connectivity index is 2.28. The van der Waals surface area contributed by atoms with E-state index >= 15 is 0 Å². The fourth-order valence-electron chi connectivity index (χ4n) is 2.73. The van der Waals surface area contributed by atoms with Crippen LogP contribution in [0.25, 0.3) is 11.0 Å². The Bertz CT molecular complexity index is 759. The molecule has 0 bridgehead atoms. The molecule has 0 unspecified atom stereocenters. The zero-order chi connectivity index (χ0) is 15.0. The van der Waals surface area contributed by atoms with Crippen LogP contribution >= 0.6 is 22.9 Å². The summed E-state index contributed by atoms with van der Waals surface area (Å²) in [6.07, 6.45) is 2.61. The topological polar surface area (TPSA) is 30.7 Å². The average molecular weight is 320 g/mol. The molecule has 0 aliphatic carbocycles. The van der Waals surface area contributed by atoms with E-state index in [9.17, 15) is 0 Å². The average Bonchev–Trinajstić information content (AvgIpc) is 3.05. The summed E-state index contributed by atoms with van der Waals surface area (Å²) in [4.78, 5) is 9.29. The molecule has 3 nitrogen and oxygen atoms in total. The minimum absolute atomic E-state index is 0.238. The minimum atomic E-state index is -0.238. The third-order valence-corrected chi connectivity index (χ3v) is 4.99. The molecule has 2 heterocycles. The van der Waals surface area contributed by atoms with Gasteiger partial charge in [0.15, 0.2) is 0 Å². The molecule has 0 atom stereocenters. The SMILES string of the molecule is Cc1ccc2nc(CCCl)n(C(C)(C)c3nccs3)c2c1. The molecule has 0 saturated carbocycles. The number of halogens is 1. The normalized spacial score (nSPS) is 12.2. The van der Waals surface area contributed by atoms with Crippen molar-refractivity contribution >= 4 is 34.0 Å². The predicted octanol–water partition coefficient (Wildman–Crippen LogP) is 4.37. The predicted molar refractivity (Wildman–Crippen MR) is 89.4 cm³/mol. The van der Waals surface area contributed by atoms with Crippen LogP contribution in [0, 0.1) is 6.92 Å². The summed E-state index contributed by atoms with van der Waals surface area (Å²) >= 11 is 7.65. The molecule has 1 aromatic carbocycles. The second-order valence-electron chi connectivity index (χ2n) is 5.69. The zero-order valence-corrected chi connectivity index (χ0v) is 14.0. The Labute approximate surface area is 133 Å². The molecule has 0 amide bonds. The number of thiazole rings is 1. The first-order valence-electron chi connectivity index (χ1n) is 6.98. The number of hydrogen-bond donors (Lipinski definition) is 0. The summed E-state index contributed by atoms with van der Waals surface area (Å²) in [7, 11) is 0. The highest BCUT2D eigenvalue weighted by Gasteiger charge is 2.30. The number of imidazole rings is 1. The first-order valence-corrected chi connectivity index (χ1v) is 8.40. The number of aromatic nitrogens is 3. The lowest BCUT2D eigenvalue weighted by molar-refractivity contribution is 0.431. The van der Waals surface area contributed by atoms with Gasteiger partial charge in [-0.1, -0.05) is 6.07 Å². The highest BCUT2D eigenvalue weighted by Crippen LogP contribution is 2.33. The quantitative estimate of drug-likeness (QED) is 0.669. The lowest BCUT2D eigenvalue weighted by Crippen LogP contribution is -2.29. The largest absolute Gasteiger partial charge is 0.316 e. The number of rotatable bonds is 4. The number of benzene rings is 1. The van der Waals surface area contributed by atoms with E-state index in [-0.39, 0.29) is 5.54 Å². The molecule has 0 aliphatic heterocycles. The van der Waals surface area contributed by atoms with E-state index in [1.807, 2.05) is 11.6 Å². The van der Waals surface area contributed by atoms with Crippen molar-refractivity contribution in [3.8, 4) is 0 Å². The molecular weight excluding hydrogens is 302 g/mol. The van der Waals surface area contributed by atoms with Crippen LogP contribution < -0.4 is 0 Å². The molecule has 0 fully saturated rings. The maximum absolute atomic E-state index is 5.98. The van der Waals surface area contributed by atoms with Crippen LogP contribution in [0.15, 0.2) is 29.8 Å². The first-order chi connectivity index (χ1) is 10.0. The van der Waals surface area contributed by atoms with Crippen molar-refractivity contribution in [2.24, 2.45) is 0 Å². The first kappa shape index (κ1) is 14.5. The van der Waals surface area contributed by atoms with Crippen molar-refractivity contribution in [2.75, 3.05) is 5.88 Å². The van der Waals surface area contributed by atoms with Crippen molar-refractivity contribution in [3.63, 3.8) is 0 Å². The number of nitrogens with zero attached hydrogens (tertiary/aromatic N) is 3. The van der Waals surface area contributed by atoms with Gasteiger partial charge < -0.3 is 4.57 Å². The summed E-state index contributed by atoms with van der Waals surface area (Å²) in [5.41, 5.74) is 3.16. The standard InChI is InChI=1S/C16H18ClN3S/c1-11-4-5-12-13(10-11)20(14(19-12)6-7-17)16(2,3)15-18-8-9-21-15/h4-5,8-10H,6-7H2,1-3H3. The highest BCUT2D eigenvalue weighted by molar-refractivity contribution is 7.09. The molecule has 5 heteroatoms. The Morgan fingerprint density at radius 2 is 2.14 bits per heavy atom. The lowest BCUT2D eigenvalue weighted by Gasteiger charge is -2.27. The second kappa shape index (κ2) is 5.43. The fourth-order valence-corrected chi connectivity index (χ4v) is 3.65. The van der Waals surface area contributed by atoms with Gasteiger partial charge in [0.2, 0.25) is 0 Å². The van der Waals surface area contributed by atoms with E-state index in [4.69, 9.17) is 16.6 Å². The number of hydrogen-bond acceptors (Lipinski definition) is 3. The van der Waals surface area contributed by atoms with Gasteiger partial charge in [0.1, 0.15) is 10.8 Å². The van der Waals surface area contributed by atoms with Gasteiger partial charge in [0.05, 0.1) is 16.6 Å². The van der Waals surface area contributed by atoms with Crippen molar-refractivity contribution < 1.29 is 0 Å². The van der Waals surface area contributed by atoms with Gasteiger partial charge in [-0.05, 0) is 38.5 Å². The highest BCUT2D eigenvalue weighted by atomic mass is 35.5. The molecule has 0 saturated heterocycles. The van der Waals surface area contributed by atoms with Gasteiger partial charge in [-0.15, -0.1) is 22.9 Å². The van der Waals surface area contributed by atoms with Gasteiger partial charge in [0, 0.05) is 23.9 Å². The second-order valence-corrected chi connectivity index (χ2v) is 6.96. The Hall–Kier alpha value is -1.39. The van der Waals surface area contributed by atoms with Crippen LogP contribution in [0.5, 0.6) is 0 Å². The third-order valence-electron chi connectivity index (χ3n) is 3.71. The third kappa shape index (κ3) is 2.47. The van der Waals surface area contributed by atoms with Crippen LogP contribution in [0.2, 0.25) is 0 Å². The summed E-state index contributed by atoms with van der Waals surface area (Å²) in [5, 5.41) is 3.10. The zero-order valence-electron chi connectivity index (χ0n) is 12.4. The van der Waals surface area contributed by atoms with E-state index < -0.39 is 0 Å². The molecule has 0 spiro atoms. The van der Waals surface area contributed by atoms with Crippen molar-refractivity contribution in [1.29, 1.82) is 0 Å². The Morgan fingerprint density at radius 1 is 1.33 bits per heavy atom. The van der Waals surface area contributed by atoms with E-state index in [2.05, 4.69) is 48.5 Å². The van der Waals surface area contributed by atoms with E-state index in [0.717, 1.165) is 28.3 Å². The molecular formula is C16H18ClN3S. The van der Waals surface area contributed by atoms with Crippen LogP contribution in [-0.4, -0.2) is 20.4 Å². The summed E-state index contributed by atoms with van der Waals surface area (Å²) in [6, 6.07) is 6.37. The number of fused-ring (bicyclic) bond motifs is 1. The molecule has 0 aliphatic rings. The fraction of sp³-hybridized carbons (Fsp3) is 0.375. The van der Waals surface area contributed by atoms with Crippen LogP contribution in [0.3, 0.4) is 0 Å². The van der Waals surface area contributed by atoms with Gasteiger partial charge in [-0.3, -0.25) is 0 Å². The monoisotopic (exact) mass is 319 g/mol. The van der Waals surface area contributed by atoms with Crippen molar-refractivity contribution in [2.45, 2.75) is 32.7 Å². The van der Waals surface area contributed by atoms with E-state index in [1.165, 1.54) is 5.56 Å². The van der Waals surface area contributed by atoms with Crippen LogP contribution in [0.1, 0.15) is 30.2 Å². The molecule has 0 N–H and O–H groups in total. The van der Waals surface area contributed by atoms with Gasteiger partial charge in [-0.2, -0.15) is 0 Å². The molecule has 0 radical (unpaired) electrons. The van der Waals surface area contributed by atoms with Crippen LogP contribution in [-0.2, 0) is 12.0 Å². The maximum Gasteiger partial charge on any atom is 0.118 e. The van der Waals surface area contributed by atoms with Crippen molar-refractivity contribution in [1.82, 2.24) is 14.5 Å². The lowest BCUT2D eigenvalue weighted by atomic mass is 10.1. The molecule has 3 rings (SSSR count). The van der Waals surface area contributed by atoms with Gasteiger partial charge in [0.25, 0.3) is 0 Å². The van der Waals surface area contributed by atoms with Gasteiger partial charge >= 0.3 is 0 Å². The molecule has 21 heavy (non-hydrogen) atoms. The van der Waals surface area contributed by atoms with E-state index in [1.54, 1.807) is 11.3 Å². The van der Waals surface area contributed by atoms with Gasteiger partial charge in [-0.25, -0.2) is 9.97 Å². The molecule has 2 aromatic heterocycles. The maximum atomic E-state index is 5.98. The molecule has 110 valence electrons. The Morgan fingerprint density at radius 3 is 2.81 bits per heavy atom.